The highest BCUT2D eigenvalue weighted by Gasteiger charge is 2.00. The molecule has 1 N–H and O–H groups in total. The maximum atomic E-state index is 3.42. The molecule has 2 aromatic carbocycles. The fourth-order valence-corrected chi connectivity index (χ4v) is 1.74. The number of nitrogens with one attached hydrogen (secondary N) is 1. The van der Waals surface area contributed by atoms with Gasteiger partial charge in [0.25, 0.3) is 0 Å². The molecule has 0 saturated carbocycles. The Kier molecular flexibility index (Phi) is 3.61. The van der Waals surface area contributed by atoms with Gasteiger partial charge in [-0.05, 0) is 37.1 Å². The first kappa shape index (κ1) is 11.5. The molecule has 86 valence electrons. The summed E-state index contributed by atoms with van der Waals surface area (Å²) < 4.78 is 0. The topological polar surface area (TPSA) is 12.0 Å². The van der Waals surface area contributed by atoms with Gasteiger partial charge in [0.15, 0.2) is 0 Å². The zero-order chi connectivity index (χ0) is 12.1. The summed E-state index contributed by atoms with van der Waals surface area (Å²) in [6, 6.07) is 20.7. The summed E-state index contributed by atoms with van der Waals surface area (Å²) in [5.74, 6) is 0. The zero-order valence-corrected chi connectivity index (χ0v) is 10.3. The van der Waals surface area contributed by atoms with E-state index in [4.69, 9.17) is 0 Å². The molecule has 0 amide bonds. The summed E-state index contributed by atoms with van der Waals surface area (Å²) in [6.45, 7) is 4.25. The molecule has 0 aliphatic heterocycles. The van der Waals surface area contributed by atoms with Gasteiger partial charge in [-0.15, -0.1) is 0 Å². The van der Waals surface area contributed by atoms with Crippen LogP contribution in [0.5, 0.6) is 0 Å². The van der Waals surface area contributed by atoms with E-state index >= 15 is 0 Å². The molecule has 17 heavy (non-hydrogen) atoms. The van der Waals surface area contributed by atoms with E-state index in [2.05, 4.69) is 55.6 Å². The first-order chi connectivity index (χ1) is 8.27. The van der Waals surface area contributed by atoms with E-state index in [1.165, 1.54) is 16.8 Å². The molecule has 0 spiro atoms. The van der Waals surface area contributed by atoms with E-state index in [0.717, 1.165) is 5.69 Å². The molecule has 2 aromatic rings. The molecule has 0 saturated heterocycles. The third-order valence-electron chi connectivity index (χ3n) is 2.87. The van der Waals surface area contributed by atoms with Crippen LogP contribution in [-0.4, -0.2) is 0 Å². The van der Waals surface area contributed by atoms with Crippen LogP contribution in [0, 0.1) is 0 Å². The maximum absolute atomic E-state index is 3.42. The van der Waals surface area contributed by atoms with Gasteiger partial charge in [-0.25, -0.2) is 0 Å². The van der Waals surface area contributed by atoms with Crippen LogP contribution in [0.25, 0.3) is 5.57 Å². The molecular formula is C16H17N. The predicted molar refractivity (Wildman–Crippen MR) is 74.8 cm³/mol. The Labute approximate surface area is 103 Å². The minimum absolute atomic E-state index is 1.13. The summed E-state index contributed by atoms with van der Waals surface area (Å²) in [4.78, 5) is 0. The smallest absolute Gasteiger partial charge is 0.0381 e. The van der Waals surface area contributed by atoms with Crippen molar-refractivity contribution in [3.63, 3.8) is 0 Å². The highest BCUT2D eigenvalue weighted by Crippen LogP contribution is 2.19. The van der Waals surface area contributed by atoms with E-state index < -0.39 is 0 Å². The highest BCUT2D eigenvalue weighted by atomic mass is 14.9. The van der Waals surface area contributed by atoms with Crippen molar-refractivity contribution in [3.05, 3.63) is 71.9 Å². The highest BCUT2D eigenvalue weighted by molar-refractivity contribution is 5.69. The van der Waals surface area contributed by atoms with Crippen LogP contribution in [0.1, 0.15) is 19.4 Å². The quantitative estimate of drug-likeness (QED) is 0.805. The van der Waals surface area contributed by atoms with Crippen molar-refractivity contribution >= 4 is 11.3 Å². The first-order valence-electron chi connectivity index (χ1n) is 5.82. The third-order valence-corrected chi connectivity index (χ3v) is 2.87. The van der Waals surface area contributed by atoms with Crippen molar-refractivity contribution in [1.82, 2.24) is 0 Å². The SMILES string of the molecule is CC(Nc1ccccc1)=C(C)c1ccccc1. The Balaban J connectivity index is 2.22. The largest absolute Gasteiger partial charge is 0.359 e. The lowest BCUT2D eigenvalue weighted by Crippen LogP contribution is -1.98. The lowest BCUT2D eigenvalue weighted by molar-refractivity contribution is 1.35. The number of hydrogen-bond acceptors (Lipinski definition) is 1. The lowest BCUT2D eigenvalue weighted by atomic mass is 10.1. The number of rotatable bonds is 3. The number of hydrogen-bond donors (Lipinski definition) is 1. The molecule has 0 fully saturated rings. The second kappa shape index (κ2) is 5.35. The van der Waals surface area contributed by atoms with Gasteiger partial charge in [0, 0.05) is 11.4 Å². The van der Waals surface area contributed by atoms with Crippen molar-refractivity contribution in [1.29, 1.82) is 0 Å². The fourth-order valence-electron chi connectivity index (χ4n) is 1.74. The normalized spacial score (nSPS) is 11.9. The summed E-state index contributed by atoms with van der Waals surface area (Å²) >= 11 is 0. The average Bonchev–Trinajstić information content (AvgIpc) is 2.40. The number of para-hydroxylation sites is 1. The predicted octanol–water partition coefficient (Wildman–Crippen LogP) is 4.55. The average molecular weight is 223 g/mol. The van der Waals surface area contributed by atoms with Crippen LogP contribution >= 0.6 is 0 Å². The molecule has 2 rings (SSSR count). The van der Waals surface area contributed by atoms with E-state index in [1.54, 1.807) is 0 Å². The van der Waals surface area contributed by atoms with E-state index in [1.807, 2.05) is 24.3 Å². The zero-order valence-electron chi connectivity index (χ0n) is 10.3. The lowest BCUT2D eigenvalue weighted by Gasteiger charge is -2.11. The molecule has 0 aliphatic rings. The van der Waals surface area contributed by atoms with Crippen molar-refractivity contribution in [3.8, 4) is 0 Å². The summed E-state index contributed by atoms with van der Waals surface area (Å²) in [7, 11) is 0. The molecule has 0 atom stereocenters. The Morgan fingerprint density at radius 1 is 0.765 bits per heavy atom. The Morgan fingerprint density at radius 3 is 1.88 bits per heavy atom. The second-order valence-corrected chi connectivity index (χ2v) is 4.11. The van der Waals surface area contributed by atoms with E-state index in [0.29, 0.717) is 0 Å². The minimum Gasteiger partial charge on any atom is -0.359 e. The summed E-state index contributed by atoms with van der Waals surface area (Å²) in [5, 5.41) is 3.42. The molecule has 0 aliphatic carbocycles. The monoisotopic (exact) mass is 223 g/mol. The van der Waals surface area contributed by atoms with Crippen molar-refractivity contribution in [2.45, 2.75) is 13.8 Å². The van der Waals surface area contributed by atoms with Gasteiger partial charge in [-0.1, -0.05) is 48.5 Å². The van der Waals surface area contributed by atoms with Crippen molar-refractivity contribution in [2.75, 3.05) is 5.32 Å². The minimum atomic E-state index is 1.13. The molecule has 0 radical (unpaired) electrons. The van der Waals surface area contributed by atoms with Gasteiger partial charge in [0.05, 0.1) is 0 Å². The summed E-state index contributed by atoms with van der Waals surface area (Å²) in [6.07, 6.45) is 0. The van der Waals surface area contributed by atoms with Gasteiger partial charge < -0.3 is 5.32 Å². The number of allylic oxidation sites excluding steroid dienone is 2. The third kappa shape index (κ3) is 2.97. The summed E-state index contributed by atoms with van der Waals surface area (Å²) in [5.41, 5.74) is 4.84. The van der Waals surface area contributed by atoms with Crippen LogP contribution in [0.4, 0.5) is 5.69 Å². The van der Waals surface area contributed by atoms with E-state index in [-0.39, 0.29) is 0 Å². The van der Waals surface area contributed by atoms with Gasteiger partial charge in [0.2, 0.25) is 0 Å². The van der Waals surface area contributed by atoms with Crippen LogP contribution in [0.15, 0.2) is 66.4 Å². The first-order valence-corrected chi connectivity index (χ1v) is 5.82. The van der Waals surface area contributed by atoms with Crippen LogP contribution in [0.2, 0.25) is 0 Å². The standard InChI is InChI=1S/C16H17N/c1-13(15-9-5-3-6-10-15)14(2)17-16-11-7-4-8-12-16/h3-12,17H,1-2H3. The molecular weight excluding hydrogens is 206 g/mol. The number of benzene rings is 2. The van der Waals surface area contributed by atoms with Gasteiger partial charge in [0.1, 0.15) is 0 Å². The molecule has 1 nitrogen and oxygen atoms in total. The van der Waals surface area contributed by atoms with Crippen molar-refractivity contribution in [2.24, 2.45) is 0 Å². The van der Waals surface area contributed by atoms with Gasteiger partial charge in [-0.3, -0.25) is 0 Å². The Morgan fingerprint density at radius 2 is 1.29 bits per heavy atom. The fraction of sp³-hybridized carbons (Fsp3) is 0.125. The molecule has 0 heterocycles. The molecule has 0 bridgehead atoms. The van der Waals surface area contributed by atoms with E-state index in [9.17, 15) is 0 Å². The van der Waals surface area contributed by atoms with Crippen LogP contribution in [-0.2, 0) is 0 Å². The van der Waals surface area contributed by atoms with Gasteiger partial charge in [-0.2, -0.15) is 0 Å². The maximum Gasteiger partial charge on any atom is 0.0381 e. The second-order valence-electron chi connectivity index (χ2n) is 4.11. The van der Waals surface area contributed by atoms with Crippen LogP contribution < -0.4 is 5.32 Å². The Hall–Kier alpha value is -2.02. The number of anilines is 1. The molecule has 0 aromatic heterocycles. The van der Waals surface area contributed by atoms with Crippen LogP contribution in [0.3, 0.4) is 0 Å². The van der Waals surface area contributed by atoms with Gasteiger partial charge >= 0.3 is 0 Å². The Bertz CT molecular complexity index is 498. The van der Waals surface area contributed by atoms with Crippen molar-refractivity contribution < 1.29 is 0 Å². The molecule has 1 heteroatoms. The molecule has 0 unspecified atom stereocenters.